The van der Waals surface area contributed by atoms with Crippen molar-refractivity contribution >= 4 is 6.08 Å². The molecule has 1 fully saturated rings. The SMILES string of the molecule is CCC/C=C/c1cccc(OCC2CO2)c1. The molecular formula is C14H18O2. The molecular weight excluding hydrogens is 200 g/mol. The van der Waals surface area contributed by atoms with Crippen LogP contribution in [0.15, 0.2) is 30.3 Å². The topological polar surface area (TPSA) is 21.8 Å². The van der Waals surface area contributed by atoms with Crippen molar-refractivity contribution < 1.29 is 9.47 Å². The largest absolute Gasteiger partial charge is 0.491 e. The van der Waals surface area contributed by atoms with E-state index in [0.717, 1.165) is 18.8 Å². The third-order valence-electron chi connectivity index (χ3n) is 2.46. The van der Waals surface area contributed by atoms with Gasteiger partial charge in [-0.1, -0.05) is 37.6 Å². The van der Waals surface area contributed by atoms with E-state index in [1.165, 1.54) is 12.0 Å². The van der Waals surface area contributed by atoms with Gasteiger partial charge in [0.2, 0.25) is 0 Å². The third-order valence-corrected chi connectivity index (χ3v) is 2.46. The molecule has 0 bridgehead atoms. The molecule has 2 nitrogen and oxygen atoms in total. The van der Waals surface area contributed by atoms with Crippen molar-refractivity contribution in [2.75, 3.05) is 13.2 Å². The van der Waals surface area contributed by atoms with Crippen LogP contribution in [0.5, 0.6) is 5.75 Å². The first-order valence-electron chi connectivity index (χ1n) is 5.89. The van der Waals surface area contributed by atoms with Crippen LogP contribution in [0.4, 0.5) is 0 Å². The molecule has 16 heavy (non-hydrogen) atoms. The summed E-state index contributed by atoms with van der Waals surface area (Å²) < 4.78 is 10.7. The lowest BCUT2D eigenvalue weighted by molar-refractivity contribution is 0.263. The van der Waals surface area contributed by atoms with E-state index in [1.807, 2.05) is 12.1 Å². The van der Waals surface area contributed by atoms with Gasteiger partial charge in [-0.05, 0) is 24.1 Å². The molecule has 1 aromatic rings. The van der Waals surface area contributed by atoms with E-state index in [1.54, 1.807) is 0 Å². The van der Waals surface area contributed by atoms with Crippen LogP contribution in [0, 0.1) is 0 Å². The van der Waals surface area contributed by atoms with Gasteiger partial charge < -0.3 is 9.47 Å². The minimum absolute atomic E-state index is 0.319. The Morgan fingerprint density at radius 1 is 1.50 bits per heavy atom. The number of epoxide rings is 1. The van der Waals surface area contributed by atoms with Crippen LogP contribution in [0.1, 0.15) is 25.3 Å². The Bertz CT molecular complexity index is 354. The van der Waals surface area contributed by atoms with Gasteiger partial charge in [-0.3, -0.25) is 0 Å². The van der Waals surface area contributed by atoms with E-state index < -0.39 is 0 Å². The molecule has 1 saturated heterocycles. The molecule has 1 unspecified atom stereocenters. The van der Waals surface area contributed by atoms with Crippen LogP contribution in [0.3, 0.4) is 0 Å². The molecule has 1 heterocycles. The van der Waals surface area contributed by atoms with Crippen molar-refractivity contribution in [1.29, 1.82) is 0 Å². The highest BCUT2D eigenvalue weighted by Gasteiger charge is 2.22. The zero-order valence-electron chi connectivity index (χ0n) is 9.69. The summed E-state index contributed by atoms with van der Waals surface area (Å²) in [7, 11) is 0. The average molecular weight is 218 g/mol. The Balaban J connectivity index is 1.89. The Morgan fingerprint density at radius 2 is 2.38 bits per heavy atom. The summed E-state index contributed by atoms with van der Waals surface area (Å²) in [6.45, 7) is 3.69. The van der Waals surface area contributed by atoms with Crippen LogP contribution < -0.4 is 4.74 Å². The smallest absolute Gasteiger partial charge is 0.120 e. The summed E-state index contributed by atoms with van der Waals surface area (Å²) >= 11 is 0. The van der Waals surface area contributed by atoms with Gasteiger partial charge in [0.25, 0.3) is 0 Å². The predicted octanol–water partition coefficient (Wildman–Crippen LogP) is 3.28. The van der Waals surface area contributed by atoms with Crippen molar-refractivity contribution in [2.24, 2.45) is 0 Å². The monoisotopic (exact) mass is 218 g/mol. The second-order valence-electron chi connectivity index (χ2n) is 4.03. The number of benzene rings is 1. The highest BCUT2D eigenvalue weighted by molar-refractivity contribution is 5.51. The number of hydrogen-bond acceptors (Lipinski definition) is 2. The first kappa shape index (κ1) is 11.2. The van der Waals surface area contributed by atoms with Gasteiger partial charge in [-0.25, -0.2) is 0 Å². The quantitative estimate of drug-likeness (QED) is 0.683. The van der Waals surface area contributed by atoms with Crippen LogP contribution >= 0.6 is 0 Å². The molecule has 1 atom stereocenters. The second kappa shape index (κ2) is 5.71. The van der Waals surface area contributed by atoms with Gasteiger partial charge in [-0.15, -0.1) is 0 Å². The summed E-state index contributed by atoms with van der Waals surface area (Å²) in [6, 6.07) is 8.16. The lowest BCUT2D eigenvalue weighted by atomic mass is 10.2. The summed E-state index contributed by atoms with van der Waals surface area (Å²) in [5, 5.41) is 0. The van der Waals surface area contributed by atoms with Crippen LogP contribution in [-0.4, -0.2) is 19.3 Å². The fraction of sp³-hybridized carbons (Fsp3) is 0.429. The molecule has 86 valence electrons. The molecule has 1 aliphatic heterocycles. The van der Waals surface area contributed by atoms with Crippen molar-refractivity contribution in [2.45, 2.75) is 25.9 Å². The van der Waals surface area contributed by atoms with Crippen molar-refractivity contribution in [1.82, 2.24) is 0 Å². The Labute approximate surface area is 96.9 Å². The molecule has 1 aliphatic rings. The molecule has 0 aliphatic carbocycles. The van der Waals surface area contributed by atoms with Crippen LogP contribution in [0.25, 0.3) is 6.08 Å². The Morgan fingerprint density at radius 3 is 3.12 bits per heavy atom. The number of hydrogen-bond donors (Lipinski definition) is 0. The van der Waals surface area contributed by atoms with Gasteiger partial charge in [0, 0.05) is 0 Å². The van der Waals surface area contributed by atoms with E-state index in [-0.39, 0.29) is 0 Å². The summed E-state index contributed by atoms with van der Waals surface area (Å²) in [4.78, 5) is 0. The van der Waals surface area contributed by atoms with E-state index >= 15 is 0 Å². The molecule has 2 heteroatoms. The van der Waals surface area contributed by atoms with E-state index in [0.29, 0.717) is 12.7 Å². The maximum absolute atomic E-state index is 5.62. The molecule has 0 aromatic heterocycles. The minimum atomic E-state index is 0.319. The molecule has 2 rings (SSSR count). The number of ether oxygens (including phenoxy) is 2. The number of unbranched alkanes of at least 4 members (excludes halogenated alkanes) is 1. The average Bonchev–Trinajstić information content (AvgIpc) is 3.11. The van der Waals surface area contributed by atoms with Gasteiger partial charge in [0.1, 0.15) is 18.5 Å². The zero-order chi connectivity index (χ0) is 11.2. The fourth-order valence-corrected chi connectivity index (χ4v) is 1.45. The Hall–Kier alpha value is -1.28. The predicted molar refractivity (Wildman–Crippen MR) is 65.6 cm³/mol. The maximum Gasteiger partial charge on any atom is 0.120 e. The molecule has 0 radical (unpaired) electrons. The molecule has 1 aromatic carbocycles. The normalized spacial score (nSPS) is 18.9. The molecule has 0 saturated carbocycles. The lowest BCUT2D eigenvalue weighted by Crippen LogP contribution is -2.03. The third kappa shape index (κ3) is 3.70. The summed E-state index contributed by atoms with van der Waals surface area (Å²) in [6.07, 6.45) is 6.97. The lowest BCUT2D eigenvalue weighted by Gasteiger charge is -2.04. The van der Waals surface area contributed by atoms with Crippen molar-refractivity contribution in [3.05, 3.63) is 35.9 Å². The standard InChI is InChI=1S/C14H18O2/c1-2-3-4-6-12-7-5-8-13(9-12)15-10-14-11-16-14/h4-9,14H,2-3,10-11H2,1H3/b6-4+. The second-order valence-corrected chi connectivity index (χ2v) is 4.03. The number of rotatable bonds is 6. The Kier molecular flexibility index (Phi) is 4.00. The minimum Gasteiger partial charge on any atom is -0.491 e. The van der Waals surface area contributed by atoms with Gasteiger partial charge in [0.15, 0.2) is 0 Å². The first-order valence-corrected chi connectivity index (χ1v) is 5.89. The van der Waals surface area contributed by atoms with E-state index in [9.17, 15) is 0 Å². The number of allylic oxidation sites excluding steroid dienone is 1. The molecule has 0 amide bonds. The van der Waals surface area contributed by atoms with E-state index in [4.69, 9.17) is 9.47 Å². The maximum atomic E-state index is 5.62. The van der Waals surface area contributed by atoms with Gasteiger partial charge in [0.05, 0.1) is 6.61 Å². The highest BCUT2D eigenvalue weighted by Crippen LogP contribution is 2.17. The van der Waals surface area contributed by atoms with Gasteiger partial charge in [-0.2, -0.15) is 0 Å². The first-order chi connectivity index (χ1) is 7.88. The van der Waals surface area contributed by atoms with E-state index in [2.05, 4.69) is 31.2 Å². The zero-order valence-corrected chi connectivity index (χ0v) is 9.69. The van der Waals surface area contributed by atoms with Crippen molar-refractivity contribution in [3.8, 4) is 5.75 Å². The molecule has 0 N–H and O–H groups in total. The fourth-order valence-electron chi connectivity index (χ4n) is 1.45. The van der Waals surface area contributed by atoms with Gasteiger partial charge >= 0.3 is 0 Å². The summed E-state index contributed by atoms with van der Waals surface area (Å²) in [5.41, 5.74) is 1.20. The van der Waals surface area contributed by atoms with Crippen molar-refractivity contribution in [3.63, 3.8) is 0 Å². The van der Waals surface area contributed by atoms with Crippen LogP contribution in [-0.2, 0) is 4.74 Å². The van der Waals surface area contributed by atoms with Crippen LogP contribution in [0.2, 0.25) is 0 Å². The molecule has 0 spiro atoms. The highest BCUT2D eigenvalue weighted by atomic mass is 16.6. The summed E-state index contributed by atoms with van der Waals surface area (Å²) in [5.74, 6) is 0.925.